The van der Waals surface area contributed by atoms with E-state index in [2.05, 4.69) is 11.9 Å². The Kier molecular flexibility index (Phi) is 5.66. The third-order valence-corrected chi connectivity index (χ3v) is 3.72. The maximum Gasteiger partial charge on any atom is 0.124 e. The lowest BCUT2D eigenvalue weighted by atomic mass is 10.1. The first-order valence-electron chi connectivity index (χ1n) is 7.02. The molecule has 0 bridgehead atoms. The number of halogens is 1. The van der Waals surface area contributed by atoms with Crippen LogP contribution in [0.25, 0.3) is 0 Å². The van der Waals surface area contributed by atoms with Crippen LogP contribution < -0.4 is 10.5 Å². The van der Waals surface area contributed by atoms with Gasteiger partial charge in [0.15, 0.2) is 0 Å². The van der Waals surface area contributed by atoms with Crippen molar-refractivity contribution in [2.75, 3.05) is 33.4 Å². The van der Waals surface area contributed by atoms with Crippen LogP contribution in [0.1, 0.15) is 12.5 Å². The summed E-state index contributed by atoms with van der Waals surface area (Å²) in [4.78, 5) is 2.25. The second kappa shape index (κ2) is 7.27. The molecular formula is C15H23ClN2O2. The summed E-state index contributed by atoms with van der Waals surface area (Å²) in [7, 11) is 2.09. The Balaban J connectivity index is 1.99. The first-order valence-corrected chi connectivity index (χ1v) is 7.40. The maximum absolute atomic E-state index is 6.24. The van der Waals surface area contributed by atoms with Crippen molar-refractivity contribution in [1.82, 2.24) is 4.90 Å². The van der Waals surface area contributed by atoms with Crippen molar-refractivity contribution in [3.8, 4) is 5.75 Å². The highest BCUT2D eigenvalue weighted by Gasteiger charge is 2.19. The number of rotatable bonds is 5. The van der Waals surface area contributed by atoms with E-state index in [4.69, 9.17) is 26.8 Å². The lowest BCUT2D eigenvalue weighted by Crippen LogP contribution is -2.42. The smallest absolute Gasteiger partial charge is 0.124 e. The van der Waals surface area contributed by atoms with Gasteiger partial charge in [0, 0.05) is 29.7 Å². The second-order valence-corrected chi connectivity index (χ2v) is 5.87. The van der Waals surface area contributed by atoms with Gasteiger partial charge >= 0.3 is 0 Å². The van der Waals surface area contributed by atoms with Crippen LogP contribution in [0.3, 0.4) is 0 Å². The highest BCUT2D eigenvalue weighted by Crippen LogP contribution is 2.27. The fourth-order valence-electron chi connectivity index (χ4n) is 2.34. The highest BCUT2D eigenvalue weighted by atomic mass is 35.5. The number of nitrogens with two attached hydrogens (primary N) is 1. The molecule has 2 unspecified atom stereocenters. The number of nitrogens with zero attached hydrogens (tertiary/aromatic N) is 1. The maximum atomic E-state index is 6.24. The predicted molar refractivity (Wildman–Crippen MR) is 81.5 cm³/mol. The Morgan fingerprint density at radius 3 is 3.05 bits per heavy atom. The van der Waals surface area contributed by atoms with E-state index in [9.17, 15) is 0 Å². The SMILES string of the molecule is CC(N)Cc1c(Cl)cccc1OCC1CN(C)CCO1. The molecule has 1 fully saturated rings. The van der Waals surface area contributed by atoms with Crippen LogP contribution in [0, 0.1) is 0 Å². The molecule has 2 N–H and O–H groups in total. The molecule has 1 aromatic rings. The van der Waals surface area contributed by atoms with Crippen molar-refractivity contribution in [1.29, 1.82) is 0 Å². The van der Waals surface area contributed by atoms with Crippen LogP contribution in [0.15, 0.2) is 18.2 Å². The van der Waals surface area contributed by atoms with E-state index >= 15 is 0 Å². The van der Waals surface area contributed by atoms with Crippen molar-refractivity contribution in [2.24, 2.45) is 5.73 Å². The molecule has 1 saturated heterocycles. The number of likely N-dealkylation sites (N-methyl/N-ethyl adjacent to an activating group) is 1. The quantitative estimate of drug-likeness (QED) is 0.902. The van der Waals surface area contributed by atoms with E-state index < -0.39 is 0 Å². The Morgan fingerprint density at radius 1 is 1.55 bits per heavy atom. The van der Waals surface area contributed by atoms with Gasteiger partial charge in [-0.15, -0.1) is 0 Å². The summed E-state index contributed by atoms with van der Waals surface area (Å²) in [6.07, 6.45) is 0.816. The lowest BCUT2D eigenvalue weighted by Gasteiger charge is -2.30. The molecule has 0 amide bonds. The molecule has 0 spiro atoms. The third-order valence-electron chi connectivity index (χ3n) is 3.37. The molecule has 20 heavy (non-hydrogen) atoms. The molecule has 5 heteroatoms. The molecule has 0 aliphatic carbocycles. The normalized spacial score (nSPS) is 21.7. The van der Waals surface area contributed by atoms with E-state index in [0.29, 0.717) is 18.1 Å². The first kappa shape index (κ1) is 15.6. The van der Waals surface area contributed by atoms with E-state index in [0.717, 1.165) is 31.0 Å². The summed E-state index contributed by atoms with van der Waals surface area (Å²) in [5.74, 6) is 0.812. The minimum Gasteiger partial charge on any atom is -0.490 e. The van der Waals surface area contributed by atoms with Crippen molar-refractivity contribution in [3.63, 3.8) is 0 Å². The minimum absolute atomic E-state index is 0.0503. The highest BCUT2D eigenvalue weighted by molar-refractivity contribution is 6.31. The van der Waals surface area contributed by atoms with Gasteiger partial charge in [-0.05, 0) is 32.5 Å². The predicted octanol–water partition coefficient (Wildman–Crippen LogP) is 1.94. The molecule has 0 aromatic heterocycles. The molecule has 1 heterocycles. The molecule has 4 nitrogen and oxygen atoms in total. The van der Waals surface area contributed by atoms with Crippen LogP contribution in [-0.4, -0.2) is 50.4 Å². The average molecular weight is 299 g/mol. The Bertz CT molecular complexity index is 440. The minimum atomic E-state index is 0.0503. The van der Waals surface area contributed by atoms with Gasteiger partial charge in [0.2, 0.25) is 0 Å². The fraction of sp³-hybridized carbons (Fsp3) is 0.600. The monoisotopic (exact) mass is 298 g/mol. The topological polar surface area (TPSA) is 47.7 Å². The summed E-state index contributed by atoms with van der Waals surface area (Å²) in [5, 5.41) is 0.710. The Hall–Kier alpha value is -0.810. The van der Waals surface area contributed by atoms with Gasteiger partial charge in [-0.3, -0.25) is 0 Å². The molecule has 2 rings (SSSR count). The van der Waals surface area contributed by atoms with Crippen molar-refractivity contribution in [3.05, 3.63) is 28.8 Å². The van der Waals surface area contributed by atoms with Crippen LogP contribution in [-0.2, 0) is 11.2 Å². The van der Waals surface area contributed by atoms with Crippen molar-refractivity contribution in [2.45, 2.75) is 25.5 Å². The van der Waals surface area contributed by atoms with Crippen LogP contribution in [0.5, 0.6) is 5.75 Å². The molecule has 1 aliphatic rings. The molecule has 2 atom stereocenters. The van der Waals surface area contributed by atoms with Crippen LogP contribution in [0.4, 0.5) is 0 Å². The standard InChI is InChI=1S/C15H23ClN2O2/c1-11(17)8-13-14(16)4-3-5-15(13)20-10-12-9-18(2)6-7-19-12/h3-5,11-12H,6-10,17H2,1-2H3. The van der Waals surface area contributed by atoms with E-state index in [1.165, 1.54) is 0 Å². The lowest BCUT2D eigenvalue weighted by molar-refractivity contribution is -0.0404. The zero-order valence-corrected chi connectivity index (χ0v) is 12.9. The zero-order chi connectivity index (χ0) is 14.5. The Morgan fingerprint density at radius 2 is 2.35 bits per heavy atom. The molecule has 0 radical (unpaired) electrons. The van der Waals surface area contributed by atoms with Crippen LogP contribution in [0.2, 0.25) is 5.02 Å². The summed E-state index contributed by atoms with van der Waals surface area (Å²) in [5.41, 5.74) is 6.85. The molecule has 112 valence electrons. The molecular weight excluding hydrogens is 276 g/mol. The third kappa shape index (κ3) is 4.35. The van der Waals surface area contributed by atoms with Gasteiger partial charge in [-0.1, -0.05) is 17.7 Å². The van der Waals surface area contributed by atoms with Crippen molar-refractivity contribution >= 4 is 11.6 Å². The Labute approximate surface area is 125 Å². The zero-order valence-electron chi connectivity index (χ0n) is 12.1. The molecule has 1 aromatic carbocycles. The van der Waals surface area contributed by atoms with E-state index in [-0.39, 0.29) is 12.1 Å². The number of ether oxygens (including phenoxy) is 2. The molecule has 1 aliphatic heterocycles. The van der Waals surface area contributed by atoms with Crippen molar-refractivity contribution < 1.29 is 9.47 Å². The van der Waals surface area contributed by atoms with Gasteiger partial charge < -0.3 is 20.1 Å². The van der Waals surface area contributed by atoms with Gasteiger partial charge in [0.05, 0.1) is 6.61 Å². The fourth-order valence-corrected chi connectivity index (χ4v) is 2.59. The summed E-state index contributed by atoms with van der Waals surface area (Å²) in [6.45, 7) is 5.13. The number of hydrogen-bond donors (Lipinski definition) is 1. The first-order chi connectivity index (χ1) is 9.56. The van der Waals surface area contributed by atoms with Gasteiger partial charge in [0.1, 0.15) is 18.5 Å². The van der Waals surface area contributed by atoms with Gasteiger partial charge in [-0.2, -0.15) is 0 Å². The summed E-state index contributed by atoms with van der Waals surface area (Å²) >= 11 is 6.24. The average Bonchev–Trinajstić information content (AvgIpc) is 2.39. The second-order valence-electron chi connectivity index (χ2n) is 5.46. The largest absolute Gasteiger partial charge is 0.490 e. The van der Waals surface area contributed by atoms with Gasteiger partial charge in [0.25, 0.3) is 0 Å². The van der Waals surface area contributed by atoms with E-state index in [1.807, 2.05) is 25.1 Å². The number of hydrogen-bond acceptors (Lipinski definition) is 4. The van der Waals surface area contributed by atoms with Crippen LogP contribution >= 0.6 is 11.6 Å². The van der Waals surface area contributed by atoms with E-state index in [1.54, 1.807) is 0 Å². The summed E-state index contributed by atoms with van der Waals surface area (Å²) in [6, 6.07) is 5.76. The molecule has 0 saturated carbocycles. The number of benzene rings is 1. The van der Waals surface area contributed by atoms with Gasteiger partial charge in [-0.25, -0.2) is 0 Å². The number of morpholine rings is 1. The summed E-state index contributed by atoms with van der Waals surface area (Å²) < 4.78 is 11.6.